The van der Waals surface area contributed by atoms with E-state index in [-0.39, 0.29) is 11.6 Å². The monoisotopic (exact) mass is 505 g/mol. The van der Waals surface area contributed by atoms with Crippen molar-refractivity contribution in [1.82, 2.24) is 19.3 Å². The fourth-order valence-electron chi connectivity index (χ4n) is 4.47. The Morgan fingerprint density at radius 1 is 1.03 bits per heavy atom. The summed E-state index contributed by atoms with van der Waals surface area (Å²) >= 11 is 12.5. The molecule has 2 aromatic heterocycles. The molecule has 1 aliphatic heterocycles. The maximum absolute atomic E-state index is 13.4. The van der Waals surface area contributed by atoms with Crippen LogP contribution in [0.25, 0.3) is 16.6 Å². The van der Waals surface area contributed by atoms with Crippen molar-refractivity contribution in [1.29, 1.82) is 0 Å². The summed E-state index contributed by atoms with van der Waals surface area (Å²) in [5.74, 6) is 1.34. The number of imidazole rings is 1. The van der Waals surface area contributed by atoms with E-state index in [0.29, 0.717) is 21.4 Å². The van der Waals surface area contributed by atoms with Crippen molar-refractivity contribution in [2.45, 2.75) is 39.0 Å². The van der Waals surface area contributed by atoms with Gasteiger partial charge in [0.1, 0.15) is 17.7 Å². The van der Waals surface area contributed by atoms with Crippen LogP contribution in [0.15, 0.2) is 54.4 Å². The van der Waals surface area contributed by atoms with E-state index in [1.165, 1.54) is 6.07 Å². The van der Waals surface area contributed by atoms with Crippen LogP contribution < -0.4 is 5.32 Å². The molecule has 5 rings (SSSR count). The molecule has 34 heavy (non-hydrogen) atoms. The standard InChI is InChI=1S/C24H20Cl2F3N5/c1-12(2)33-19-7-5-15(24(27,28)29)11-18(19)32-23(33)21-13(3)31-20-8-9-30-34(20)22(21)14-4-6-16(25)17(26)10-14/h4-12,22,31H,1-3H3. The molecule has 3 heterocycles. The zero-order valence-corrected chi connectivity index (χ0v) is 20.0. The number of halogens is 5. The van der Waals surface area contributed by atoms with Crippen molar-refractivity contribution in [2.75, 3.05) is 5.32 Å². The quantitative estimate of drug-likeness (QED) is 0.312. The molecule has 2 aromatic carbocycles. The summed E-state index contributed by atoms with van der Waals surface area (Å²) in [4.78, 5) is 4.72. The number of hydrogen-bond acceptors (Lipinski definition) is 3. The number of rotatable bonds is 3. The highest BCUT2D eigenvalue weighted by molar-refractivity contribution is 6.42. The van der Waals surface area contributed by atoms with E-state index in [2.05, 4.69) is 10.4 Å². The Kier molecular flexibility index (Phi) is 5.41. The van der Waals surface area contributed by atoms with Crippen molar-refractivity contribution in [2.24, 2.45) is 0 Å². The van der Waals surface area contributed by atoms with Crippen LogP contribution in [0.2, 0.25) is 10.0 Å². The van der Waals surface area contributed by atoms with Gasteiger partial charge in [-0.1, -0.05) is 29.3 Å². The van der Waals surface area contributed by atoms with Gasteiger partial charge >= 0.3 is 6.18 Å². The second kappa shape index (κ2) is 8.06. The molecule has 0 saturated carbocycles. The van der Waals surface area contributed by atoms with Crippen LogP contribution in [0.3, 0.4) is 0 Å². The SMILES string of the molecule is CC1=C(c2nc3cc(C(F)(F)F)ccc3n2C(C)C)C(c2ccc(Cl)c(Cl)c2)n2nccc2N1. The molecule has 0 fully saturated rings. The molecule has 0 spiro atoms. The Bertz CT molecular complexity index is 1450. The molecule has 1 aliphatic rings. The number of benzene rings is 2. The molecule has 1 unspecified atom stereocenters. The van der Waals surface area contributed by atoms with Gasteiger partial charge in [0.15, 0.2) is 0 Å². The lowest BCUT2D eigenvalue weighted by Crippen LogP contribution is -2.25. The van der Waals surface area contributed by atoms with Gasteiger partial charge < -0.3 is 9.88 Å². The Morgan fingerprint density at radius 3 is 2.47 bits per heavy atom. The number of hydrogen-bond donors (Lipinski definition) is 1. The van der Waals surface area contributed by atoms with Crippen LogP contribution >= 0.6 is 23.2 Å². The number of nitrogens with one attached hydrogen (secondary N) is 1. The third-order valence-electron chi connectivity index (χ3n) is 5.94. The van der Waals surface area contributed by atoms with Crippen molar-refractivity contribution in [3.05, 3.63) is 81.4 Å². The van der Waals surface area contributed by atoms with Gasteiger partial charge in [-0.25, -0.2) is 9.67 Å². The molecule has 0 aliphatic carbocycles. The molecule has 1 N–H and O–H groups in total. The molecule has 0 bridgehead atoms. The summed E-state index contributed by atoms with van der Waals surface area (Å²) in [6.45, 7) is 5.87. The van der Waals surface area contributed by atoms with Crippen molar-refractivity contribution in [3.8, 4) is 0 Å². The normalized spacial score (nSPS) is 16.3. The first-order valence-corrected chi connectivity index (χ1v) is 11.4. The Hall–Kier alpha value is -2.97. The first kappa shape index (κ1) is 22.8. The highest BCUT2D eigenvalue weighted by Gasteiger charge is 2.35. The number of anilines is 1. The molecule has 5 nitrogen and oxygen atoms in total. The van der Waals surface area contributed by atoms with Crippen molar-refractivity contribution >= 4 is 45.6 Å². The van der Waals surface area contributed by atoms with E-state index in [0.717, 1.165) is 34.8 Å². The summed E-state index contributed by atoms with van der Waals surface area (Å²) in [7, 11) is 0. The zero-order valence-electron chi connectivity index (χ0n) is 18.5. The lowest BCUT2D eigenvalue weighted by atomic mass is 9.94. The van der Waals surface area contributed by atoms with Gasteiger partial charge in [-0.2, -0.15) is 18.3 Å². The average molecular weight is 506 g/mol. The van der Waals surface area contributed by atoms with E-state index in [9.17, 15) is 13.2 Å². The minimum absolute atomic E-state index is 0.0643. The summed E-state index contributed by atoms with van der Waals surface area (Å²) in [5.41, 5.74) is 2.59. The Morgan fingerprint density at radius 2 is 1.79 bits per heavy atom. The topological polar surface area (TPSA) is 47.7 Å². The third-order valence-corrected chi connectivity index (χ3v) is 6.68. The summed E-state index contributed by atoms with van der Waals surface area (Å²) in [6.07, 6.45) is -2.77. The van der Waals surface area contributed by atoms with Gasteiger partial charge in [-0.05, 0) is 56.7 Å². The van der Waals surface area contributed by atoms with Crippen LogP contribution in [-0.2, 0) is 6.18 Å². The minimum atomic E-state index is -4.45. The number of allylic oxidation sites excluding steroid dienone is 2. The van der Waals surface area contributed by atoms with Gasteiger partial charge in [0.2, 0.25) is 0 Å². The minimum Gasteiger partial charge on any atom is -0.344 e. The van der Waals surface area contributed by atoms with E-state index < -0.39 is 17.8 Å². The molecular formula is C24H20Cl2F3N5. The maximum Gasteiger partial charge on any atom is 0.416 e. The lowest BCUT2D eigenvalue weighted by Gasteiger charge is -2.31. The number of nitrogens with zero attached hydrogens (tertiary/aromatic N) is 4. The largest absolute Gasteiger partial charge is 0.416 e. The summed E-state index contributed by atoms with van der Waals surface area (Å²) in [5, 5.41) is 8.68. The van der Waals surface area contributed by atoms with Crippen LogP contribution in [0, 0.1) is 0 Å². The third kappa shape index (κ3) is 3.65. The molecule has 4 aromatic rings. The van der Waals surface area contributed by atoms with Crippen LogP contribution in [-0.4, -0.2) is 19.3 Å². The first-order chi connectivity index (χ1) is 16.1. The summed E-state index contributed by atoms with van der Waals surface area (Å²) < 4.78 is 43.9. The van der Waals surface area contributed by atoms with E-state index in [1.807, 2.05) is 42.2 Å². The molecule has 0 amide bonds. The van der Waals surface area contributed by atoms with Gasteiger partial charge in [0.05, 0.1) is 32.8 Å². The van der Waals surface area contributed by atoms with Crippen LogP contribution in [0.4, 0.5) is 19.0 Å². The fraction of sp³-hybridized carbons (Fsp3) is 0.250. The van der Waals surface area contributed by atoms with E-state index >= 15 is 0 Å². The number of fused-ring (bicyclic) bond motifs is 2. The van der Waals surface area contributed by atoms with Gasteiger partial charge in [-0.15, -0.1) is 0 Å². The van der Waals surface area contributed by atoms with Gasteiger partial charge in [-0.3, -0.25) is 0 Å². The second-order valence-electron chi connectivity index (χ2n) is 8.50. The number of alkyl halides is 3. The van der Waals surface area contributed by atoms with Crippen molar-refractivity contribution < 1.29 is 13.2 Å². The molecule has 176 valence electrons. The van der Waals surface area contributed by atoms with Gasteiger partial charge in [0.25, 0.3) is 0 Å². The molecule has 0 radical (unpaired) electrons. The van der Waals surface area contributed by atoms with Gasteiger partial charge in [0, 0.05) is 23.4 Å². The fourth-order valence-corrected chi connectivity index (χ4v) is 4.78. The summed E-state index contributed by atoms with van der Waals surface area (Å²) in [6, 6.07) is 10.4. The van der Waals surface area contributed by atoms with E-state index in [4.69, 9.17) is 28.2 Å². The zero-order chi connectivity index (χ0) is 24.4. The first-order valence-electron chi connectivity index (χ1n) is 10.6. The predicted octanol–water partition coefficient (Wildman–Crippen LogP) is 7.59. The molecular weight excluding hydrogens is 486 g/mol. The highest BCUT2D eigenvalue weighted by atomic mass is 35.5. The Balaban J connectivity index is 1.78. The number of aromatic nitrogens is 4. The predicted molar refractivity (Wildman–Crippen MR) is 128 cm³/mol. The average Bonchev–Trinajstić information content (AvgIpc) is 3.37. The van der Waals surface area contributed by atoms with Crippen LogP contribution in [0.5, 0.6) is 0 Å². The Labute approximate surface area is 203 Å². The van der Waals surface area contributed by atoms with E-state index in [1.54, 1.807) is 18.3 Å². The van der Waals surface area contributed by atoms with Crippen LogP contribution in [0.1, 0.15) is 49.8 Å². The second-order valence-corrected chi connectivity index (χ2v) is 9.32. The smallest absolute Gasteiger partial charge is 0.344 e. The molecule has 1 atom stereocenters. The maximum atomic E-state index is 13.4. The molecule has 0 saturated heterocycles. The molecule has 10 heteroatoms. The lowest BCUT2D eigenvalue weighted by molar-refractivity contribution is -0.137. The van der Waals surface area contributed by atoms with Crippen molar-refractivity contribution in [3.63, 3.8) is 0 Å². The highest BCUT2D eigenvalue weighted by Crippen LogP contribution is 2.43.